The number of thioether (sulfide) groups is 1. The summed E-state index contributed by atoms with van der Waals surface area (Å²) in [5, 5.41) is 5.25. The molecule has 1 N–H and O–H groups in total. The van der Waals surface area contributed by atoms with Crippen LogP contribution in [0.15, 0.2) is 60.8 Å². The normalized spacial score (nSPS) is 17.3. The number of fused-ring (bicyclic) bond motifs is 1. The van der Waals surface area contributed by atoms with Crippen molar-refractivity contribution >= 4 is 45.9 Å². The van der Waals surface area contributed by atoms with E-state index in [1.165, 1.54) is 5.56 Å². The zero-order valence-electron chi connectivity index (χ0n) is 14.8. The van der Waals surface area contributed by atoms with Gasteiger partial charge in [-0.15, -0.1) is 11.8 Å². The minimum atomic E-state index is 0.0854. The fourth-order valence-electron chi connectivity index (χ4n) is 3.34. The Balaban J connectivity index is 1.48. The van der Waals surface area contributed by atoms with Gasteiger partial charge in [-0.2, -0.15) is 0 Å². The molecule has 1 atom stereocenters. The molecule has 0 saturated carbocycles. The molecular formula is C21H20ClN3OS. The fraction of sp³-hybridized carbons (Fsp3) is 0.238. The molecule has 1 saturated heterocycles. The number of anilines is 1. The van der Waals surface area contributed by atoms with Gasteiger partial charge in [0.1, 0.15) is 5.37 Å². The van der Waals surface area contributed by atoms with E-state index in [-0.39, 0.29) is 11.3 Å². The van der Waals surface area contributed by atoms with Crippen LogP contribution in [0.1, 0.15) is 17.4 Å². The van der Waals surface area contributed by atoms with Crippen molar-refractivity contribution in [3.05, 3.63) is 71.4 Å². The molecule has 0 radical (unpaired) electrons. The molecule has 4 nitrogen and oxygen atoms in total. The Kier molecular flexibility index (Phi) is 5.50. The van der Waals surface area contributed by atoms with E-state index < -0.39 is 0 Å². The van der Waals surface area contributed by atoms with Crippen LogP contribution in [0.25, 0.3) is 10.9 Å². The monoisotopic (exact) mass is 397 g/mol. The second kappa shape index (κ2) is 8.19. The van der Waals surface area contributed by atoms with Crippen molar-refractivity contribution in [2.75, 3.05) is 24.2 Å². The number of pyridine rings is 1. The Labute approximate surface area is 167 Å². The lowest BCUT2D eigenvalue weighted by Gasteiger charge is -2.35. The Morgan fingerprint density at radius 1 is 1.19 bits per heavy atom. The van der Waals surface area contributed by atoms with E-state index in [0.717, 1.165) is 22.3 Å². The van der Waals surface area contributed by atoms with Crippen LogP contribution in [0.5, 0.6) is 0 Å². The molecule has 0 spiro atoms. The molecular weight excluding hydrogens is 378 g/mol. The summed E-state index contributed by atoms with van der Waals surface area (Å²) in [6, 6.07) is 17.9. The Morgan fingerprint density at radius 3 is 2.89 bits per heavy atom. The largest absolute Gasteiger partial charge is 0.383 e. The lowest BCUT2D eigenvalue weighted by Crippen LogP contribution is -2.40. The fourth-order valence-corrected chi connectivity index (χ4v) is 4.78. The number of hydrogen-bond acceptors (Lipinski definition) is 4. The number of nitrogens with zero attached hydrogens (tertiary/aromatic N) is 2. The predicted molar refractivity (Wildman–Crippen MR) is 113 cm³/mol. The number of aromatic nitrogens is 1. The topological polar surface area (TPSA) is 45.2 Å². The number of hydrogen-bond donors (Lipinski definition) is 1. The highest BCUT2D eigenvalue weighted by atomic mass is 35.5. The minimum Gasteiger partial charge on any atom is -0.383 e. The molecule has 4 rings (SSSR count). The van der Waals surface area contributed by atoms with Crippen molar-refractivity contribution in [1.29, 1.82) is 0 Å². The number of halogens is 1. The molecule has 3 aromatic rings. The summed E-state index contributed by atoms with van der Waals surface area (Å²) >= 11 is 7.89. The Hall–Kier alpha value is -2.24. The van der Waals surface area contributed by atoms with Crippen LogP contribution >= 0.6 is 23.4 Å². The van der Waals surface area contributed by atoms with Crippen LogP contribution in [0.3, 0.4) is 0 Å². The molecule has 1 aliphatic heterocycles. The lowest BCUT2D eigenvalue weighted by molar-refractivity contribution is -0.131. The Bertz CT molecular complexity index is 951. The molecule has 1 fully saturated rings. The van der Waals surface area contributed by atoms with Gasteiger partial charge >= 0.3 is 0 Å². The maximum Gasteiger partial charge on any atom is 0.224 e. The number of nitrogens with one attached hydrogen (secondary N) is 1. The second-order valence-corrected chi connectivity index (χ2v) is 8.04. The van der Waals surface area contributed by atoms with Crippen molar-refractivity contribution in [2.45, 2.75) is 11.8 Å². The number of amides is 1. The van der Waals surface area contributed by atoms with Gasteiger partial charge in [-0.3, -0.25) is 9.78 Å². The van der Waals surface area contributed by atoms with Crippen LogP contribution in [0.4, 0.5) is 5.69 Å². The van der Waals surface area contributed by atoms with Gasteiger partial charge in [0.25, 0.3) is 0 Å². The number of carbonyl (C=O) groups excluding carboxylic acids is 1. The first-order valence-corrected chi connectivity index (χ1v) is 10.4. The Morgan fingerprint density at radius 2 is 2.04 bits per heavy atom. The quantitative estimate of drug-likeness (QED) is 0.660. The van der Waals surface area contributed by atoms with Crippen molar-refractivity contribution in [1.82, 2.24) is 9.88 Å². The van der Waals surface area contributed by atoms with Crippen molar-refractivity contribution in [2.24, 2.45) is 0 Å². The highest BCUT2D eigenvalue weighted by Gasteiger charge is 2.29. The molecule has 2 heterocycles. The summed E-state index contributed by atoms with van der Waals surface area (Å²) in [7, 11) is 0. The summed E-state index contributed by atoms with van der Waals surface area (Å²) in [6.45, 7) is 1.33. The third-order valence-corrected chi connectivity index (χ3v) is 6.17. The molecule has 0 aliphatic carbocycles. The molecule has 6 heteroatoms. The number of rotatable bonds is 5. The molecule has 1 unspecified atom stereocenters. The van der Waals surface area contributed by atoms with E-state index in [9.17, 15) is 4.79 Å². The van der Waals surface area contributed by atoms with Gasteiger partial charge in [0.05, 0.1) is 5.52 Å². The first-order chi connectivity index (χ1) is 13.2. The van der Waals surface area contributed by atoms with Crippen LogP contribution in [-0.4, -0.2) is 34.6 Å². The van der Waals surface area contributed by atoms with Crippen LogP contribution in [0, 0.1) is 0 Å². The van der Waals surface area contributed by atoms with E-state index in [4.69, 9.17) is 11.6 Å². The van der Waals surface area contributed by atoms with Gasteiger partial charge in [0.15, 0.2) is 0 Å². The smallest absolute Gasteiger partial charge is 0.224 e. The summed E-state index contributed by atoms with van der Waals surface area (Å²) < 4.78 is 0. The summed E-state index contributed by atoms with van der Waals surface area (Å²) in [4.78, 5) is 18.9. The third-order valence-electron chi connectivity index (χ3n) is 4.65. The third kappa shape index (κ3) is 4.04. The number of benzene rings is 2. The molecule has 2 aromatic carbocycles. The molecule has 27 heavy (non-hydrogen) atoms. The van der Waals surface area contributed by atoms with Gasteiger partial charge in [-0.1, -0.05) is 41.9 Å². The molecule has 1 aliphatic rings. The second-order valence-electron chi connectivity index (χ2n) is 6.42. The van der Waals surface area contributed by atoms with E-state index >= 15 is 0 Å². The van der Waals surface area contributed by atoms with E-state index in [0.29, 0.717) is 24.5 Å². The van der Waals surface area contributed by atoms with Gasteiger partial charge in [-0.25, -0.2) is 0 Å². The summed E-state index contributed by atoms with van der Waals surface area (Å²) in [5.74, 6) is 1.09. The van der Waals surface area contributed by atoms with Crippen molar-refractivity contribution < 1.29 is 4.79 Å². The number of carbonyl (C=O) groups is 1. The van der Waals surface area contributed by atoms with Crippen molar-refractivity contribution in [3.63, 3.8) is 0 Å². The lowest BCUT2D eigenvalue weighted by atomic mass is 10.2. The van der Waals surface area contributed by atoms with Gasteiger partial charge < -0.3 is 10.2 Å². The molecule has 1 amide bonds. The zero-order valence-corrected chi connectivity index (χ0v) is 16.3. The maximum absolute atomic E-state index is 12.5. The SMILES string of the molecule is O=C1CCSC(c2ccccc2)N1CCNc1ccnc2cc(Cl)ccc12. The summed E-state index contributed by atoms with van der Waals surface area (Å²) in [6.07, 6.45) is 2.38. The predicted octanol–water partition coefficient (Wildman–Crippen LogP) is 4.96. The van der Waals surface area contributed by atoms with Crippen LogP contribution in [0.2, 0.25) is 5.02 Å². The zero-order chi connectivity index (χ0) is 18.6. The van der Waals surface area contributed by atoms with Crippen molar-refractivity contribution in [3.8, 4) is 0 Å². The summed E-state index contributed by atoms with van der Waals surface area (Å²) in [5.41, 5.74) is 3.05. The van der Waals surface area contributed by atoms with Gasteiger partial charge in [-0.05, 0) is 29.8 Å². The maximum atomic E-state index is 12.5. The standard InChI is InChI=1S/C21H20ClN3OS/c22-16-6-7-17-18(8-10-23-19(17)14-16)24-11-12-25-20(26)9-13-27-21(25)15-4-2-1-3-5-15/h1-8,10,14,21H,9,11-13H2,(H,23,24). The molecule has 138 valence electrons. The van der Waals surface area contributed by atoms with E-state index in [1.807, 2.05) is 59.1 Å². The first kappa shape index (κ1) is 18.1. The van der Waals surface area contributed by atoms with E-state index in [1.54, 1.807) is 6.20 Å². The highest BCUT2D eigenvalue weighted by molar-refractivity contribution is 7.99. The van der Waals surface area contributed by atoms with Crippen LogP contribution < -0.4 is 5.32 Å². The average molecular weight is 398 g/mol. The highest BCUT2D eigenvalue weighted by Crippen LogP contribution is 2.37. The first-order valence-electron chi connectivity index (χ1n) is 8.96. The molecule has 1 aromatic heterocycles. The average Bonchev–Trinajstić information content (AvgIpc) is 2.69. The van der Waals surface area contributed by atoms with Crippen LogP contribution in [-0.2, 0) is 4.79 Å². The van der Waals surface area contributed by atoms with E-state index in [2.05, 4.69) is 22.4 Å². The molecule has 0 bridgehead atoms. The minimum absolute atomic E-state index is 0.0854. The van der Waals surface area contributed by atoms with Gasteiger partial charge in [0, 0.05) is 47.6 Å². The van der Waals surface area contributed by atoms with Gasteiger partial charge in [0.2, 0.25) is 5.91 Å².